The quantitative estimate of drug-likeness (QED) is 0.636. The van der Waals surface area contributed by atoms with Gasteiger partial charge in [-0.25, -0.2) is 0 Å². The summed E-state index contributed by atoms with van der Waals surface area (Å²) in [5, 5.41) is 11.1. The fraction of sp³-hybridized carbons (Fsp3) is 0.667. The molecule has 4 aliphatic carbocycles. The van der Waals surface area contributed by atoms with Crippen molar-refractivity contribution in [2.24, 2.45) is 23.2 Å². The van der Waals surface area contributed by atoms with Crippen molar-refractivity contribution in [1.29, 1.82) is 0 Å². The first kappa shape index (κ1) is 14.0. The summed E-state index contributed by atoms with van der Waals surface area (Å²) in [6, 6.07) is 3.23. The average molecular weight is 300 g/mol. The lowest BCUT2D eigenvalue weighted by Crippen LogP contribution is -2.51. The molecule has 4 aliphatic rings. The van der Waals surface area contributed by atoms with Crippen molar-refractivity contribution in [3.05, 3.63) is 35.3 Å². The third kappa shape index (κ3) is 2.38. The van der Waals surface area contributed by atoms with Crippen molar-refractivity contribution in [3.8, 4) is 0 Å². The van der Waals surface area contributed by atoms with Gasteiger partial charge in [-0.15, -0.1) is 0 Å². The second-order valence-electron chi connectivity index (χ2n) is 8.03. The molecule has 1 heterocycles. The Morgan fingerprint density at radius 1 is 1.18 bits per heavy atom. The maximum atomic E-state index is 12.6. The number of carbonyl (C=O) groups excluding carboxylic acids is 1. The van der Waals surface area contributed by atoms with Crippen LogP contribution in [0.4, 0.5) is 0 Å². The topological polar surface area (TPSA) is 47.2 Å². The minimum atomic E-state index is 0.0383. The van der Waals surface area contributed by atoms with Crippen LogP contribution in [0.5, 0.6) is 0 Å². The molecule has 4 saturated carbocycles. The van der Waals surface area contributed by atoms with Crippen LogP contribution in [0.2, 0.25) is 0 Å². The molecule has 118 valence electrons. The lowest BCUT2D eigenvalue weighted by molar-refractivity contribution is -0.605. The lowest BCUT2D eigenvalue weighted by Gasteiger charge is -2.57. The van der Waals surface area contributed by atoms with Gasteiger partial charge in [0.25, 0.3) is 5.91 Å². The van der Waals surface area contributed by atoms with Crippen LogP contribution in [-0.4, -0.2) is 24.4 Å². The number of hydrogen-bond donors (Lipinski definition) is 0. The van der Waals surface area contributed by atoms with Gasteiger partial charge in [0.15, 0.2) is 12.4 Å². The number of aromatic nitrogens is 1. The molecule has 4 bridgehead atoms. The first-order chi connectivity index (χ1) is 10.5. The third-order valence-corrected chi connectivity index (χ3v) is 6.13. The van der Waals surface area contributed by atoms with E-state index in [1.54, 1.807) is 12.1 Å². The van der Waals surface area contributed by atoms with Crippen molar-refractivity contribution >= 4 is 5.91 Å². The molecule has 0 saturated heterocycles. The van der Waals surface area contributed by atoms with Crippen molar-refractivity contribution in [2.45, 2.75) is 38.5 Å². The van der Waals surface area contributed by atoms with Gasteiger partial charge >= 0.3 is 0 Å². The van der Waals surface area contributed by atoms with Crippen LogP contribution >= 0.6 is 0 Å². The van der Waals surface area contributed by atoms with Crippen molar-refractivity contribution in [3.63, 3.8) is 0 Å². The summed E-state index contributed by atoms with van der Waals surface area (Å²) in [5.41, 5.74) is 0.978. The Balaban J connectivity index is 1.48. The molecule has 1 aromatic heterocycles. The Labute approximate surface area is 131 Å². The maximum absolute atomic E-state index is 12.6. The minimum absolute atomic E-state index is 0.0383. The molecule has 0 unspecified atom stereocenters. The SMILES string of the molecule is CN(CC12CC3CC(CC(C3)C1)C2)C(=O)c1cc[n+]([O-])cc1. The zero-order chi connectivity index (χ0) is 15.3. The standard InChI is InChI=1S/C18H24N2O2/c1-19(17(21)16-2-4-20(22)5-3-16)12-18-9-13-6-14(10-18)8-15(7-13)11-18/h2-5,13-15H,6-12H2,1H3. The van der Waals surface area contributed by atoms with E-state index in [-0.39, 0.29) is 5.91 Å². The van der Waals surface area contributed by atoms with Gasteiger partial charge in [-0.3, -0.25) is 4.79 Å². The Hall–Kier alpha value is -1.58. The van der Waals surface area contributed by atoms with Gasteiger partial charge in [0, 0.05) is 25.7 Å². The van der Waals surface area contributed by atoms with Gasteiger partial charge < -0.3 is 10.1 Å². The van der Waals surface area contributed by atoms with E-state index in [1.165, 1.54) is 50.9 Å². The van der Waals surface area contributed by atoms with E-state index in [2.05, 4.69) is 0 Å². The molecular formula is C18H24N2O2. The van der Waals surface area contributed by atoms with Gasteiger partial charge in [0.1, 0.15) is 0 Å². The molecule has 1 aromatic rings. The molecule has 4 heteroatoms. The highest BCUT2D eigenvalue weighted by atomic mass is 16.5. The van der Waals surface area contributed by atoms with E-state index in [4.69, 9.17) is 0 Å². The Kier molecular flexibility index (Phi) is 3.17. The summed E-state index contributed by atoms with van der Waals surface area (Å²) in [5.74, 6) is 2.76. The summed E-state index contributed by atoms with van der Waals surface area (Å²) in [6.45, 7) is 0.877. The maximum Gasteiger partial charge on any atom is 0.254 e. The highest BCUT2D eigenvalue weighted by Crippen LogP contribution is 2.60. The molecule has 0 spiro atoms. The van der Waals surface area contributed by atoms with E-state index in [0.717, 1.165) is 29.0 Å². The number of nitrogens with zero attached hydrogens (tertiary/aromatic N) is 2. The molecule has 1 amide bonds. The van der Waals surface area contributed by atoms with Gasteiger partial charge in [0.2, 0.25) is 0 Å². The minimum Gasteiger partial charge on any atom is -0.619 e. The van der Waals surface area contributed by atoms with E-state index in [1.807, 2.05) is 11.9 Å². The summed E-state index contributed by atoms with van der Waals surface area (Å²) in [7, 11) is 1.92. The summed E-state index contributed by atoms with van der Waals surface area (Å²) >= 11 is 0. The molecular weight excluding hydrogens is 276 g/mol. The lowest BCUT2D eigenvalue weighted by atomic mass is 9.49. The third-order valence-electron chi connectivity index (χ3n) is 6.13. The van der Waals surface area contributed by atoms with E-state index in [0.29, 0.717) is 11.0 Å². The first-order valence-electron chi connectivity index (χ1n) is 8.47. The average Bonchev–Trinajstić information content (AvgIpc) is 2.45. The van der Waals surface area contributed by atoms with E-state index in [9.17, 15) is 10.0 Å². The molecule has 5 rings (SSSR count). The second kappa shape index (κ2) is 4.97. The zero-order valence-corrected chi connectivity index (χ0v) is 13.2. The number of pyridine rings is 1. The van der Waals surface area contributed by atoms with Gasteiger partial charge in [0.05, 0.1) is 5.56 Å². The molecule has 0 radical (unpaired) electrons. The molecule has 0 atom stereocenters. The monoisotopic (exact) mass is 300 g/mol. The second-order valence-corrected chi connectivity index (χ2v) is 8.03. The predicted octanol–water partition coefficient (Wildman–Crippen LogP) is 2.61. The fourth-order valence-electron chi connectivity index (χ4n) is 5.83. The summed E-state index contributed by atoms with van der Waals surface area (Å²) in [4.78, 5) is 14.5. The number of rotatable bonds is 3. The Bertz CT molecular complexity index is 546. The van der Waals surface area contributed by atoms with Crippen LogP contribution in [0, 0.1) is 28.4 Å². The van der Waals surface area contributed by atoms with Crippen LogP contribution in [0.1, 0.15) is 48.9 Å². The van der Waals surface area contributed by atoms with Crippen molar-refractivity contribution in [2.75, 3.05) is 13.6 Å². The van der Waals surface area contributed by atoms with Gasteiger partial charge in [-0.1, -0.05) is 0 Å². The molecule has 0 N–H and O–H groups in total. The smallest absolute Gasteiger partial charge is 0.254 e. The normalized spacial score (nSPS) is 35.6. The zero-order valence-electron chi connectivity index (χ0n) is 13.2. The van der Waals surface area contributed by atoms with Crippen molar-refractivity contribution < 1.29 is 9.52 Å². The van der Waals surface area contributed by atoms with E-state index >= 15 is 0 Å². The first-order valence-corrected chi connectivity index (χ1v) is 8.47. The largest absolute Gasteiger partial charge is 0.619 e. The van der Waals surface area contributed by atoms with Crippen LogP contribution in [0.3, 0.4) is 0 Å². The molecule has 4 fully saturated rings. The predicted molar refractivity (Wildman–Crippen MR) is 83.0 cm³/mol. The van der Waals surface area contributed by atoms with Gasteiger partial charge in [-0.05, 0) is 61.7 Å². The highest BCUT2D eigenvalue weighted by molar-refractivity contribution is 5.93. The molecule has 4 nitrogen and oxygen atoms in total. The highest BCUT2D eigenvalue weighted by Gasteiger charge is 2.51. The van der Waals surface area contributed by atoms with Crippen LogP contribution in [0.25, 0.3) is 0 Å². The van der Waals surface area contributed by atoms with Crippen LogP contribution in [-0.2, 0) is 0 Å². The van der Waals surface area contributed by atoms with E-state index < -0.39 is 0 Å². The Morgan fingerprint density at radius 2 is 1.68 bits per heavy atom. The molecule has 22 heavy (non-hydrogen) atoms. The summed E-state index contributed by atoms with van der Waals surface area (Å²) in [6.07, 6.45) is 11.0. The number of carbonyl (C=O) groups is 1. The van der Waals surface area contributed by atoms with Crippen LogP contribution < -0.4 is 4.73 Å². The number of hydrogen-bond acceptors (Lipinski definition) is 2. The number of amides is 1. The van der Waals surface area contributed by atoms with Gasteiger partial charge in [-0.2, -0.15) is 4.73 Å². The van der Waals surface area contributed by atoms with Crippen molar-refractivity contribution in [1.82, 2.24) is 4.90 Å². The summed E-state index contributed by atoms with van der Waals surface area (Å²) < 4.78 is 0.718. The molecule has 0 aromatic carbocycles. The fourth-order valence-corrected chi connectivity index (χ4v) is 5.83. The Morgan fingerprint density at radius 3 is 2.18 bits per heavy atom. The van der Waals surface area contributed by atoms with Crippen LogP contribution in [0.15, 0.2) is 24.5 Å². The molecule has 0 aliphatic heterocycles.